The van der Waals surface area contributed by atoms with E-state index in [2.05, 4.69) is 10.3 Å². The fourth-order valence-electron chi connectivity index (χ4n) is 2.04. The molecule has 1 aliphatic heterocycles. The molecular formula is C12H17N3O. The molecule has 86 valence electrons. The van der Waals surface area contributed by atoms with Crippen molar-refractivity contribution in [3.8, 4) is 0 Å². The summed E-state index contributed by atoms with van der Waals surface area (Å²) in [4.78, 5) is 17.7. The smallest absolute Gasteiger partial charge is 0.239 e. The van der Waals surface area contributed by atoms with Gasteiger partial charge in [-0.25, -0.2) is 0 Å². The van der Waals surface area contributed by atoms with Gasteiger partial charge in [-0.2, -0.15) is 0 Å². The standard InChI is InChI=1S/C12H17N3O/c1-13-11-5-9-15(12(11)16)8-4-10-2-6-14-7-3-10/h2-3,6-7,11,13H,4-5,8-9H2,1H3. The first-order valence-corrected chi connectivity index (χ1v) is 5.66. The summed E-state index contributed by atoms with van der Waals surface area (Å²) in [5.41, 5.74) is 1.23. The summed E-state index contributed by atoms with van der Waals surface area (Å²) in [6.07, 6.45) is 5.41. The SMILES string of the molecule is CNC1CCN(CCc2ccncc2)C1=O. The van der Waals surface area contributed by atoms with Crippen molar-refractivity contribution in [2.24, 2.45) is 0 Å². The predicted octanol–water partition coefficient (Wildman–Crippen LogP) is 0.444. The zero-order chi connectivity index (χ0) is 11.4. The lowest BCUT2D eigenvalue weighted by Crippen LogP contribution is -2.37. The molecule has 0 aromatic carbocycles. The fraction of sp³-hybridized carbons (Fsp3) is 0.500. The van der Waals surface area contributed by atoms with E-state index >= 15 is 0 Å². The zero-order valence-electron chi connectivity index (χ0n) is 9.52. The maximum Gasteiger partial charge on any atom is 0.239 e. The van der Waals surface area contributed by atoms with Crippen LogP contribution in [0.2, 0.25) is 0 Å². The van der Waals surface area contributed by atoms with Crippen molar-refractivity contribution in [2.45, 2.75) is 18.9 Å². The first-order valence-electron chi connectivity index (χ1n) is 5.66. The lowest BCUT2D eigenvalue weighted by molar-refractivity contribution is -0.129. The number of amides is 1. The molecule has 1 unspecified atom stereocenters. The third-order valence-corrected chi connectivity index (χ3v) is 3.07. The van der Waals surface area contributed by atoms with E-state index in [1.807, 2.05) is 24.1 Å². The lowest BCUT2D eigenvalue weighted by atomic mass is 10.2. The molecule has 2 rings (SSSR count). The van der Waals surface area contributed by atoms with Crippen molar-refractivity contribution in [3.63, 3.8) is 0 Å². The molecule has 4 nitrogen and oxygen atoms in total. The number of hydrogen-bond donors (Lipinski definition) is 1. The van der Waals surface area contributed by atoms with Gasteiger partial charge in [-0.05, 0) is 37.6 Å². The molecule has 2 heterocycles. The second-order valence-corrected chi connectivity index (χ2v) is 4.06. The van der Waals surface area contributed by atoms with Gasteiger partial charge in [0.1, 0.15) is 0 Å². The first-order chi connectivity index (χ1) is 7.81. The summed E-state index contributed by atoms with van der Waals surface area (Å²) in [7, 11) is 1.84. The molecule has 0 saturated carbocycles. The minimum atomic E-state index is 0.0254. The number of rotatable bonds is 4. The van der Waals surface area contributed by atoms with Crippen molar-refractivity contribution in [1.82, 2.24) is 15.2 Å². The van der Waals surface area contributed by atoms with Crippen LogP contribution in [0.1, 0.15) is 12.0 Å². The van der Waals surface area contributed by atoms with Crippen LogP contribution in [-0.4, -0.2) is 42.0 Å². The van der Waals surface area contributed by atoms with Crippen LogP contribution < -0.4 is 5.32 Å². The van der Waals surface area contributed by atoms with Crippen molar-refractivity contribution in [1.29, 1.82) is 0 Å². The molecule has 1 N–H and O–H groups in total. The number of nitrogens with one attached hydrogen (secondary N) is 1. The number of likely N-dealkylation sites (N-methyl/N-ethyl adjacent to an activating group) is 1. The predicted molar refractivity (Wildman–Crippen MR) is 62.0 cm³/mol. The number of aromatic nitrogens is 1. The van der Waals surface area contributed by atoms with Crippen molar-refractivity contribution in [3.05, 3.63) is 30.1 Å². The Hall–Kier alpha value is -1.42. The van der Waals surface area contributed by atoms with E-state index in [4.69, 9.17) is 0 Å². The summed E-state index contributed by atoms with van der Waals surface area (Å²) >= 11 is 0. The van der Waals surface area contributed by atoms with Crippen LogP contribution in [0.15, 0.2) is 24.5 Å². The Labute approximate surface area is 95.7 Å². The summed E-state index contributed by atoms with van der Waals surface area (Å²) < 4.78 is 0. The Bertz CT molecular complexity index is 353. The summed E-state index contributed by atoms with van der Waals surface area (Å²) in [5, 5.41) is 3.04. The number of pyridine rings is 1. The zero-order valence-corrected chi connectivity index (χ0v) is 9.52. The highest BCUT2D eigenvalue weighted by Crippen LogP contribution is 2.11. The molecule has 1 aromatic heterocycles. The third-order valence-electron chi connectivity index (χ3n) is 3.07. The molecule has 0 spiro atoms. The molecule has 0 radical (unpaired) electrons. The second kappa shape index (κ2) is 5.07. The van der Waals surface area contributed by atoms with Crippen LogP contribution >= 0.6 is 0 Å². The normalized spacial score (nSPS) is 20.4. The Morgan fingerprint density at radius 3 is 2.88 bits per heavy atom. The van der Waals surface area contributed by atoms with Gasteiger partial charge in [0, 0.05) is 25.5 Å². The van der Waals surface area contributed by atoms with Gasteiger partial charge in [0.15, 0.2) is 0 Å². The summed E-state index contributed by atoms with van der Waals surface area (Å²) in [6.45, 7) is 1.68. The second-order valence-electron chi connectivity index (χ2n) is 4.06. The van der Waals surface area contributed by atoms with Crippen LogP contribution in [0.4, 0.5) is 0 Å². The van der Waals surface area contributed by atoms with E-state index in [0.717, 1.165) is 25.9 Å². The van der Waals surface area contributed by atoms with E-state index in [-0.39, 0.29) is 11.9 Å². The topological polar surface area (TPSA) is 45.2 Å². The van der Waals surface area contributed by atoms with Crippen LogP contribution in [0.3, 0.4) is 0 Å². The minimum absolute atomic E-state index is 0.0254. The highest BCUT2D eigenvalue weighted by atomic mass is 16.2. The van der Waals surface area contributed by atoms with Crippen molar-refractivity contribution < 1.29 is 4.79 Å². The minimum Gasteiger partial charge on any atom is -0.341 e. The van der Waals surface area contributed by atoms with Gasteiger partial charge >= 0.3 is 0 Å². The molecule has 1 aliphatic rings. The fourth-order valence-corrected chi connectivity index (χ4v) is 2.04. The van der Waals surface area contributed by atoms with E-state index in [0.29, 0.717) is 0 Å². The lowest BCUT2D eigenvalue weighted by Gasteiger charge is -2.16. The average Bonchev–Trinajstić information content (AvgIpc) is 2.69. The quantitative estimate of drug-likeness (QED) is 0.799. The molecule has 1 atom stereocenters. The Morgan fingerprint density at radius 2 is 2.25 bits per heavy atom. The van der Waals surface area contributed by atoms with Crippen molar-refractivity contribution in [2.75, 3.05) is 20.1 Å². The summed E-state index contributed by atoms with van der Waals surface area (Å²) in [5.74, 6) is 0.233. The van der Waals surface area contributed by atoms with Crippen LogP contribution in [0, 0.1) is 0 Å². The average molecular weight is 219 g/mol. The van der Waals surface area contributed by atoms with Crippen molar-refractivity contribution >= 4 is 5.91 Å². The van der Waals surface area contributed by atoms with Gasteiger partial charge < -0.3 is 10.2 Å². The van der Waals surface area contributed by atoms with Crippen LogP contribution in [0.5, 0.6) is 0 Å². The van der Waals surface area contributed by atoms with E-state index < -0.39 is 0 Å². The first kappa shape index (κ1) is 11.1. The molecule has 1 saturated heterocycles. The molecule has 1 aromatic rings. The number of likely N-dealkylation sites (tertiary alicyclic amines) is 1. The van der Waals surface area contributed by atoms with Gasteiger partial charge in [0.25, 0.3) is 0 Å². The van der Waals surface area contributed by atoms with Gasteiger partial charge in [0.05, 0.1) is 6.04 Å². The number of carbonyl (C=O) groups excluding carboxylic acids is 1. The molecule has 0 aliphatic carbocycles. The van der Waals surface area contributed by atoms with E-state index in [9.17, 15) is 4.79 Å². The third kappa shape index (κ3) is 2.39. The summed E-state index contributed by atoms with van der Waals surface area (Å²) in [6, 6.07) is 4.02. The molecule has 16 heavy (non-hydrogen) atoms. The molecule has 0 bridgehead atoms. The highest BCUT2D eigenvalue weighted by Gasteiger charge is 2.29. The largest absolute Gasteiger partial charge is 0.341 e. The van der Waals surface area contributed by atoms with Gasteiger partial charge in [-0.1, -0.05) is 0 Å². The maximum absolute atomic E-state index is 11.8. The molecular weight excluding hydrogens is 202 g/mol. The monoisotopic (exact) mass is 219 g/mol. The van der Waals surface area contributed by atoms with Crippen LogP contribution in [-0.2, 0) is 11.2 Å². The Balaban J connectivity index is 1.86. The molecule has 1 fully saturated rings. The Morgan fingerprint density at radius 1 is 1.50 bits per heavy atom. The van der Waals surface area contributed by atoms with Gasteiger partial charge in [-0.3, -0.25) is 9.78 Å². The molecule has 1 amide bonds. The number of carbonyl (C=O) groups is 1. The van der Waals surface area contributed by atoms with Gasteiger partial charge in [0.2, 0.25) is 5.91 Å². The highest BCUT2D eigenvalue weighted by molar-refractivity contribution is 5.83. The molecule has 4 heteroatoms. The van der Waals surface area contributed by atoms with E-state index in [1.165, 1.54) is 5.56 Å². The number of nitrogens with zero attached hydrogens (tertiary/aromatic N) is 2. The number of hydrogen-bond acceptors (Lipinski definition) is 3. The van der Waals surface area contributed by atoms with Gasteiger partial charge in [-0.15, -0.1) is 0 Å². The Kier molecular flexibility index (Phi) is 3.51. The van der Waals surface area contributed by atoms with Crippen LogP contribution in [0.25, 0.3) is 0 Å². The maximum atomic E-state index is 11.8. The van der Waals surface area contributed by atoms with E-state index in [1.54, 1.807) is 12.4 Å².